The highest BCUT2D eigenvalue weighted by Crippen LogP contribution is 2.33. The fourth-order valence-corrected chi connectivity index (χ4v) is 0.696. The van der Waals surface area contributed by atoms with Crippen LogP contribution in [0.15, 0.2) is 0 Å². The SMILES string of the molecule is [CH2]CC(F)(F)CC(F)[C@H](F)C(F)(F)F. The van der Waals surface area contributed by atoms with E-state index in [9.17, 15) is 30.7 Å². The molecule has 0 aromatic heterocycles. The summed E-state index contributed by atoms with van der Waals surface area (Å²) in [6.45, 7) is 2.71. The molecule has 0 aliphatic carbocycles. The van der Waals surface area contributed by atoms with Crippen molar-refractivity contribution in [2.75, 3.05) is 0 Å². The lowest BCUT2D eigenvalue weighted by Gasteiger charge is -2.20. The molecular weight excluding hydrogens is 217 g/mol. The lowest BCUT2D eigenvalue weighted by Crippen LogP contribution is -2.37. The predicted molar refractivity (Wildman–Crippen MR) is 35.4 cm³/mol. The van der Waals surface area contributed by atoms with E-state index in [1.54, 1.807) is 0 Å². The summed E-state index contributed by atoms with van der Waals surface area (Å²) in [5.74, 6) is -3.71. The largest absolute Gasteiger partial charge is 0.422 e. The number of hydrogen-bond acceptors (Lipinski definition) is 0. The highest BCUT2D eigenvalue weighted by atomic mass is 19.4. The van der Waals surface area contributed by atoms with Crippen molar-refractivity contribution in [1.29, 1.82) is 0 Å². The zero-order valence-electron chi connectivity index (χ0n) is 6.92. The van der Waals surface area contributed by atoms with Crippen LogP contribution in [0.4, 0.5) is 30.7 Å². The molecule has 0 saturated heterocycles. The molecule has 1 unspecified atom stereocenters. The van der Waals surface area contributed by atoms with Gasteiger partial charge in [-0.05, 0) is 6.92 Å². The van der Waals surface area contributed by atoms with Gasteiger partial charge in [-0.2, -0.15) is 13.2 Å². The van der Waals surface area contributed by atoms with Gasteiger partial charge >= 0.3 is 6.18 Å². The van der Waals surface area contributed by atoms with Gasteiger partial charge in [0, 0.05) is 12.8 Å². The van der Waals surface area contributed by atoms with Crippen LogP contribution in [0.5, 0.6) is 0 Å². The van der Waals surface area contributed by atoms with Crippen LogP contribution < -0.4 is 0 Å². The van der Waals surface area contributed by atoms with Crippen molar-refractivity contribution in [1.82, 2.24) is 0 Å². The van der Waals surface area contributed by atoms with Crippen molar-refractivity contribution in [3.63, 3.8) is 0 Å². The third kappa shape index (κ3) is 4.15. The van der Waals surface area contributed by atoms with Crippen LogP contribution in [0.1, 0.15) is 12.8 Å². The molecule has 0 fully saturated rings. The first-order valence-electron chi connectivity index (χ1n) is 3.62. The minimum atomic E-state index is -5.45. The first-order valence-corrected chi connectivity index (χ1v) is 3.62. The highest BCUT2D eigenvalue weighted by molar-refractivity contribution is 4.81. The zero-order chi connectivity index (χ0) is 11.6. The van der Waals surface area contributed by atoms with Gasteiger partial charge in [0.25, 0.3) is 5.92 Å². The maximum absolute atomic E-state index is 12.4. The summed E-state index contributed by atoms with van der Waals surface area (Å²) in [6, 6.07) is 0. The Kier molecular flexibility index (Phi) is 4.20. The summed E-state index contributed by atoms with van der Waals surface area (Å²) >= 11 is 0. The van der Waals surface area contributed by atoms with E-state index in [0.29, 0.717) is 0 Å². The van der Waals surface area contributed by atoms with E-state index in [2.05, 4.69) is 6.92 Å². The lowest BCUT2D eigenvalue weighted by atomic mass is 10.1. The summed E-state index contributed by atoms with van der Waals surface area (Å²) in [5, 5.41) is 0. The van der Waals surface area contributed by atoms with Gasteiger partial charge in [-0.1, -0.05) is 0 Å². The number of alkyl halides is 7. The average Bonchev–Trinajstić information content (AvgIpc) is 2.00. The van der Waals surface area contributed by atoms with Crippen LogP contribution in [0, 0.1) is 6.92 Å². The Morgan fingerprint density at radius 2 is 1.43 bits per heavy atom. The fraction of sp³-hybridized carbons (Fsp3) is 0.857. The molecular formula is C7H8F7. The monoisotopic (exact) mass is 225 g/mol. The molecule has 2 atom stereocenters. The molecule has 0 aliphatic rings. The van der Waals surface area contributed by atoms with Crippen LogP contribution >= 0.6 is 0 Å². The van der Waals surface area contributed by atoms with E-state index in [0.717, 1.165) is 0 Å². The Morgan fingerprint density at radius 3 is 1.71 bits per heavy atom. The minimum absolute atomic E-state index is 1.07. The molecule has 1 radical (unpaired) electrons. The first-order chi connectivity index (χ1) is 6.10. The summed E-state index contributed by atoms with van der Waals surface area (Å²) in [7, 11) is 0. The molecule has 0 N–H and O–H groups in total. The molecule has 7 heteroatoms. The Morgan fingerprint density at radius 1 is 1.00 bits per heavy atom. The van der Waals surface area contributed by atoms with Crippen LogP contribution in [0.2, 0.25) is 0 Å². The summed E-state index contributed by atoms with van der Waals surface area (Å²) in [6.07, 6.45) is -15.5. The van der Waals surface area contributed by atoms with Crippen LogP contribution in [-0.4, -0.2) is 24.4 Å². The zero-order valence-corrected chi connectivity index (χ0v) is 6.92. The van der Waals surface area contributed by atoms with Crippen molar-refractivity contribution in [2.45, 2.75) is 37.3 Å². The fourth-order valence-electron chi connectivity index (χ4n) is 0.696. The smallest absolute Gasteiger partial charge is 0.244 e. The van der Waals surface area contributed by atoms with E-state index in [1.165, 1.54) is 0 Å². The molecule has 0 saturated carbocycles. The third-order valence-corrected chi connectivity index (χ3v) is 1.49. The summed E-state index contributed by atoms with van der Waals surface area (Å²) in [5.41, 5.74) is 0. The van der Waals surface area contributed by atoms with E-state index in [-0.39, 0.29) is 0 Å². The second-order valence-electron chi connectivity index (χ2n) is 2.77. The average molecular weight is 225 g/mol. The molecule has 14 heavy (non-hydrogen) atoms. The maximum atomic E-state index is 12.4. The van der Waals surface area contributed by atoms with Gasteiger partial charge in [0.05, 0.1) is 0 Å². The van der Waals surface area contributed by atoms with Gasteiger partial charge < -0.3 is 0 Å². The molecule has 85 valence electrons. The minimum Gasteiger partial charge on any atom is -0.244 e. The number of rotatable bonds is 4. The standard InChI is InChI=1S/C7H8F7/c1-2-6(10,11)3-4(8)5(9)7(12,13)14/h4-5H,1-3H2/t4?,5-/m0/s1. The number of halogens is 7. The van der Waals surface area contributed by atoms with Gasteiger partial charge in [-0.3, -0.25) is 0 Å². The van der Waals surface area contributed by atoms with Crippen LogP contribution in [-0.2, 0) is 0 Å². The first kappa shape index (κ1) is 13.5. The van der Waals surface area contributed by atoms with Crippen LogP contribution in [0.25, 0.3) is 0 Å². The predicted octanol–water partition coefficient (Wildman–Crippen LogP) is 3.47. The molecule has 0 amide bonds. The Hall–Kier alpha value is -0.490. The van der Waals surface area contributed by atoms with Gasteiger partial charge in [0.1, 0.15) is 6.17 Å². The van der Waals surface area contributed by atoms with Crippen molar-refractivity contribution in [3.8, 4) is 0 Å². The summed E-state index contributed by atoms with van der Waals surface area (Å²) in [4.78, 5) is 0. The number of hydrogen-bond donors (Lipinski definition) is 0. The van der Waals surface area contributed by atoms with E-state index < -0.39 is 37.3 Å². The van der Waals surface area contributed by atoms with E-state index in [1.807, 2.05) is 0 Å². The Labute approximate surface area is 76.1 Å². The Balaban J connectivity index is 4.28. The highest BCUT2D eigenvalue weighted by Gasteiger charge is 2.48. The van der Waals surface area contributed by atoms with Crippen molar-refractivity contribution in [3.05, 3.63) is 6.92 Å². The van der Waals surface area contributed by atoms with Gasteiger partial charge in [-0.15, -0.1) is 0 Å². The Bertz CT molecular complexity index is 173. The normalized spacial score (nSPS) is 18.0. The maximum Gasteiger partial charge on any atom is 0.422 e. The van der Waals surface area contributed by atoms with Crippen molar-refractivity contribution in [2.24, 2.45) is 0 Å². The molecule has 0 aromatic carbocycles. The summed E-state index contributed by atoms with van der Waals surface area (Å²) < 4.78 is 83.6. The molecule has 0 bridgehead atoms. The van der Waals surface area contributed by atoms with Gasteiger partial charge in [0.15, 0.2) is 0 Å². The van der Waals surface area contributed by atoms with Crippen molar-refractivity contribution < 1.29 is 30.7 Å². The van der Waals surface area contributed by atoms with Gasteiger partial charge in [0.2, 0.25) is 6.17 Å². The quantitative estimate of drug-likeness (QED) is 0.642. The molecule has 0 aliphatic heterocycles. The van der Waals surface area contributed by atoms with E-state index in [4.69, 9.17) is 0 Å². The second-order valence-corrected chi connectivity index (χ2v) is 2.77. The second kappa shape index (κ2) is 4.35. The molecule has 0 rings (SSSR count). The van der Waals surface area contributed by atoms with Gasteiger partial charge in [-0.25, -0.2) is 17.6 Å². The third-order valence-electron chi connectivity index (χ3n) is 1.49. The lowest BCUT2D eigenvalue weighted by molar-refractivity contribution is -0.202. The van der Waals surface area contributed by atoms with Crippen molar-refractivity contribution >= 4 is 0 Å². The van der Waals surface area contributed by atoms with Crippen LogP contribution in [0.3, 0.4) is 0 Å². The molecule has 0 aromatic rings. The molecule has 0 nitrogen and oxygen atoms in total. The van der Waals surface area contributed by atoms with E-state index >= 15 is 0 Å². The topological polar surface area (TPSA) is 0 Å². The molecule has 0 spiro atoms. The molecule has 0 heterocycles.